The van der Waals surface area contributed by atoms with Gasteiger partial charge >= 0.3 is 6.18 Å². The molecule has 4 rings (SSSR count). The van der Waals surface area contributed by atoms with Crippen LogP contribution in [0.3, 0.4) is 0 Å². The van der Waals surface area contributed by atoms with Crippen molar-refractivity contribution >= 4 is 22.6 Å². The number of anilines is 1. The average molecular weight is 373 g/mol. The van der Waals surface area contributed by atoms with Gasteiger partial charge in [0.05, 0.1) is 22.0 Å². The SMILES string of the molecule is CCN1C(=O)C(C)(C)c2ccc(-c3nc4ccc(C(F)(F)F)cc4[nH]3)cc21. The van der Waals surface area contributed by atoms with Crippen molar-refractivity contribution in [2.45, 2.75) is 32.4 Å². The number of aromatic amines is 1. The largest absolute Gasteiger partial charge is 0.416 e. The van der Waals surface area contributed by atoms with Crippen molar-refractivity contribution in [1.29, 1.82) is 0 Å². The van der Waals surface area contributed by atoms with Crippen molar-refractivity contribution in [3.63, 3.8) is 0 Å². The smallest absolute Gasteiger partial charge is 0.338 e. The Balaban J connectivity index is 1.81. The Morgan fingerprint density at radius 2 is 1.89 bits per heavy atom. The zero-order valence-corrected chi connectivity index (χ0v) is 15.1. The third-order valence-electron chi connectivity index (χ3n) is 5.14. The highest BCUT2D eigenvalue weighted by atomic mass is 19.4. The monoisotopic (exact) mass is 373 g/mol. The quantitative estimate of drug-likeness (QED) is 0.695. The Morgan fingerprint density at radius 1 is 1.15 bits per heavy atom. The van der Waals surface area contributed by atoms with Crippen LogP contribution in [0.25, 0.3) is 22.4 Å². The number of aromatic nitrogens is 2. The average Bonchev–Trinajstić information content (AvgIpc) is 3.11. The van der Waals surface area contributed by atoms with Gasteiger partial charge in [0.2, 0.25) is 5.91 Å². The second-order valence-electron chi connectivity index (χ2n) is 7.22. The van der Waals surface area contributed by atoms with Gasteiger partial charge in [0.15, 0.2) is 0 Å². The second-order valence-corrected chi connectivity index (χ2v) is 7.22. The summed E-state index contributed by atoms with van der Waals surface area (Å²) in [5.41, 5.74) is 1.95. The molecule has 4 nitrogen and oxygen atoms in total. The number of halogens is 3. The van der Waals surface area contributed by atoms with Crippen molar-refractivity contribution in [2.75, 3.05) is 11.4 Å². The summed E-state index contributed by atoms with van der Waals surface area (Å²) in [6.45, 7) is 6.25. The van der Waals surface area contributed by atoms with Crippen LogP contribution in [0.1, 0.15) is 31.9 Å². The van der Waals surface area contributed by atoms with E-state index in [9.17, 15) is 18.0 Å². The predicted octanol–water partition coefficient (Wildman–Crippen LogP) is 4.89. The number of hydrogen-bond acceptors (Lipinski definition) is 2. The summed E-state index contributed by atoms with van der Waals surface area (Å²) in [6, 6.07) is 9.05. The van der Waals surface area contributed by atoms with Gasteiger partial charge in [0.25, 0.3) is 0 Å². The summed E-state index contributed by atoms with van der Waals surface area (Å²) >= 11 is 0. The van der Waals surface area contributed by atoms with Crippen molar-refractivity contribution in [3.05, 3.63) is 47.5 Å². The van der Waals surface area contributed by atoms with Gasteiger partial charge in [-0.1, -0.05) is 12.1 Å². The Kier molecular flexibility index (Phi) is 3.63. The lowest BCUT2D eigenvalue weighted by molar-refractivity contribution is -0.137. The summed E-state index contributed by atoms with van der Waals surface area (Å²) in [5, 5.41) is 0. The Hall–Kier alpha value is -2.83. The van der Waals surface area contributed by atoms with Gasteiger partial charge in [-0.3, -0.25) is 4.79 Å². The number of alkyl halides is 3. The molecule has 0 bridgehead atoms. The Bertz CT molecular complexity index is 1070. The molecule has 1 amide bonds. The normalized spacial score (nSPS) is 16.2. The van der Waals surface area contributed by atoms with Crippen LogP contribution in [-0.2, 0) is 16.4 Å². The molecule has 140 valence electrons. The number of nitrogens with one attached hydrogen (secondary N) is 1. The van der Waals surface area contributed by atoms with Crippen LogP contribution in [0, 0.1) is 0 Å². The molecular formula is C20H18F3N3O. The maximum Gasteiger partial charge on any atom is 0.416 e. The van der Waals surface area contributed by atoms with Crippen molar-refractivity contribution < 1.29 is 18.0 Å². The minimum atomic E-state index is -4.40. The maximum atomic E-state index is 12.9. The van der Waals surface area contributed by atoms with E-state index < -0.39 is 17.2 Å². The number of hydrogen-bond donors (Lipinski definition) is 1. The molecule has 0 aliphatic carbocycles. The standard InChI is InChI=1S/C20H18F3N3O/c1-4-26-16-9-11(5-7-13(16)19(2,3)18(26)27)17-24-14-8-6-12(20(21,22)23)10-15(14)25-17/h5-10H,4H2,1-3H3,(H,24,25). The molecule has 1 aliphatic rings. The van der Waals surface area contributed by atoms with Gasteiger partial charge in [-0.2, -0.15) is 13.2 Å². The molecule has 7 heteroatoms. The molecule has 0 atom stereocenters. The predicted molar refractivity (Wildman–Crippen MR) is 97.6 cm³/mol. The molecule has 2 aromatic carbocycles. The van der Waals surface area contributed by atoms with E-state index in [4.69, 9.17) is 0 Å². The van der Waals surface area contributed by atoms with E-state index in [1.54, 1.807) is 4.90 Å². The first-order chi connectivity index (χ1) is 12.6. The lowest BCUT2D eigenvalue weighted by Crippen LogP contribution is -2.35. The number of benzene rings is 2. The summed E-state index contributed by atoms with van der Waals surface area (Å²) < 4.78 is 38.7. The van der Waals surface area contributed by atoms with Crippen LogP contribution in [0.4, 0.5) is 18.9 Å². The van der Waals surface area contributed by atoms with E-state index in [0.29, 0.717) is 23.4 Å². The Morgan fingerprint density at radius 3 is 2.56 bits per heavy atom. The molecule has 1 aliphatic heterocycles. The van der Waals surface area contributed by atoms with Gasteiger partial charge in [-0.25, -0.2) is 4.98 Å². The Labute approximate surface area is 154 Å². The molecule has 0 spiro atoms. The molecule has 1 N–H and O–H groups in total. The number of nitrogens with zero attached hydrogens (tertiary/aromatic N) is 2. The van der Waals surface area contributed by atoms with E-state index >= 15 is 0 Å². The third-order valence-corrected chi connectivity index (χ3v) is 5.14. The fourth-order valence-corrected chi connectivity index (χ4v) is 3.63. The van der Waals surface area contributed by atoms with E-state index in [1.165, 1.54) is 6.07 Å². The number of likely N-dealkylation sites (N-methyl/N-ethyl adjacent to an activating group) is 1. The molecule has 0 saturated carbocycles. The van der Waals surface area contributed by atoms with E-state index in [-0.39, 0.29) is 5.91 Å². The van der Waals surface area contributed by atoms with Crippen LogP contribution in [0.5, 0.6) is 0 Å². The number of imidazole rings is 1. The number of rotatable bonds is 2. The second kappa shape index (κ2) is 5.58. The van der Waals surface area contributed by atoms with E-state index in [1.807, 2.05) is 39.0 Å². The first-order valence-electron chi connectivity index (χ1n) is 8.66. The third kappa shape index (κ3) is 2.60. The zero-order chi connectivity index (χ0) is 19.6. The molecule has 0 unspecified atom stereocenters. The van der Waals surface area contributed by atoms with Crippen LogP contribution in [-0.4, -0.2) is 22.4 Å². The number of carbonyl (C=O) groups is 1. The van der Waals surface area contributed by atoms with Gasteiger partial charge in [-0.05, 0) is 50.6 Å². The van der Waals surface area contributed by atoms with Crippen molar-refractivity contribution in [2.24, 2.45) is 0 Å². The molecule has 2 heterocycles. The zero-order valence-electron chi connectivity index (χ0n) is 15.1. The van der Waals surface area contributed by atoms with Crippen LogP contribution >= 0.6 is 0 Å². The first-order valence-corrected chi connectivity index (χ1v) is 8.66. The highest BCUT2D eigenvalue weighted by molar-refractivity contribution is 6.08. The fourth-order valence-electron chi connectivity index (χ4n) is 3.63. The van der Waals surface area contributed by atoms with Gasteiger partial charge in [0, 0.05) is 17.8 Å². The lowest BCUT2D eigenvalue weighted by atomic mass is 9.86. The number of fused-ring (bicyclic) bond motifs is 2. The van der Waals surface area contributed by atoms with Crippen molar-refractivity contribution in [1.82, 2.24) is 9.97 Å². The molecule has 0 saturated heterocycles. The van der Waals surface area contributed by atoms with E-state index in [2.05, 4.69) is 9.97 Å². The molecular weight excluding hydrogens is 355 g/mol. The maximum absolute atomic E-state index is 12.9. The summed E-state index contributed by atoms with van der Waals surface area (Å²) in [6.07, 6.45) is -4.40. The van der Waals surface area contributed by atoms with Crippen LogP contribution in [0.2, 0.25) is 0 Å². The van der Waals surface area contributed by atoms with Gasteiger partial charge in [-0.15, -0.1) is 0 Å². The fraction of sp³-hybridized carbons (Fsp3) is 0.300. The van der Waals surface area contributed by atoms with E-state index in [0.717, 1.165) is 28.9 Å². The summed E-state index contributed by atoms with van der Waals surface area (Å²) in [4.78, 5) is 21.7. The molecule has 1 aromatic heterocycles. The summed E-state index contributed by atoms with van der Waals surface area (Å²) in [5.74, 6) is 0.511. The van der Waals surface area contributed by atoms with Gasteiger partial charge in [0.1, 0.15) is 5.82 Å². The van der Waals surface area contributed by atoms with Crippen molar-refractivity contribution in [3.8, 4) is 11.4 Å². The topological polar surface area (TPSA) is 49.0 Å². The minimum absolute atomic E-state index is 0.0385. The lowest BCUT2D eigenvalue weighted by Gasteiger charge is -2.18. The number of carbonyl (C=O) groups excluding carboxylic acids is 1. The minimum Gasteiger partial charge on any atom is -0.338 e. The summed E-state index contributed by atoms with van der Waals surface area (Å²) in [7, 11) is 0. The van der Waals surface area contributed by atoms with Crippen LogP contribution < -0.4 is 4.90 Å². The highest BCUT2D eigenvalue weighted by Gasteiger charge is 2.43. The number of amides is 1. The molecule has 27 heavy (non-hydrogen) atoms. The first kappa shape index (κ1) is 17.6. The molecule has 3 aromatic rings. The molecule has 0 radical (unpaired) electrons. The van der Waals surface area contributed by atoms with Crippen LogP contribution in [0.15, 0.2) is 36.4 Å². The molecule has 0 fully saturated rings. The number of H-pyrrole nitrogens is 1. The van der Waals surface area contributed by atoms with Gasteiger partial charge < -0.3 is 9.88 Å². The highest BCUT2D eigenvalue weighted by Crippen LogP contribution is 2.43.